The second-order valence-corrected chi connectivity index (χ2v) is 3.44. The lowest BCUT2D eigenvalue weighted by Gasteiger charge is -2.25. The summed E-state index contributed by atoms with van der Waals surface area (Å²) in [6, 6.07) is 3.56. The maximum Gasteiger partial charge on any atom is 0.231 e. The largest absolute Gasteiger partial charge is 0.486 e. The molecule has 2 aliphatic rings. The summed E-state index contributed by atoms with van der Waals surface area (Å²) in [5, 5.41) is 0. The van der Waals surface area contributed by atoms with Gasteiger partial charge in [0.1, 0.15) is 12.7 Å². The monoisotopic (exact) mass is 209 g/mol. The molecule has 2 aliphatic heterocycles. The van der Waals surface area contributed by atoms with Crippen molar-refractivity contribution in [2.75, 3.05) is 19.9 Å². The molecule has 1 aromatic carbocycles. The van der Waals surface area contributed by atoms with Gasteiger partial charge in [-0.2, -0.15) is 0 Å². The number of ether oxygens (including phenoxy) is 4. The molecule has 80 valence electrons. The number of hydrogen-bond acceptors (Lipinski definition) is 5. The first-order valence-corrected chi connectivity index (χ1v) is 4.80. The molecule has 0 fully saturated rings. The van der Waals surface area contributed by atoms with E-state index >= 15 is 0 Å². The summed E-state index contributed by atoms with van der Waals surface area (Å²) in [7, 11) is 0. The maximum absolute atomic E-state index is 5.62. The Kier molecular flexibility index (Phi) is 1.85. The van der Waals surface area contributed by atoms with Gasteiger partial charge in [0.05, 0.1) is 0 Å². The van der Waals surface area contributed by atoms with Gasteiger partial charge < -0.3 is 24.7 Å². The Balaban J connectivity index is 1.97. The molecule has 0 spiro atoms. The highest BCUT2D eigenvalue weighted by Gasteiger charge is 2.24. The van der Waals surface area contributed by atoms with Gasteiger partial charge in [0.2, 0.25) is 6.79 Å². The lowest BCUT2D eigenvalue weighted by Crippen LogP contribution is -2.35. The third-order valence-electron chi connectivity index (χ3n) is 2.42. The molecule has 0 radical (unpaired) electrons. The first-order chi connectivity index (χ1) is 7.36. The van der Waals surface area contributed by atoms with Gasteiger partial charge in [0.15, 0.2) is 23.0 Å². The van der Waals surface area contributed by atoms with Gasteiger partial charge in [-0.05, 0) is 0 Å². The fourth-order valence-electron chi connectivity index (χ4n) is 1.62. The van der Waals surface area contributed by atoms with E-state index in [9.17, 15) is 0 Å². The molecule has 0 aromatic heterocycles. The molecule has 1 aromatic rings. The summed E-state index contributed by atoms with van der Waals surface area (Å²) >= 11 is 0. The van der Waals surface area contributed by atoms with E-state index in [4.69, 9.17) is 24.7 Å². The quantitative estimate of drug-likeness (QED) is 0.730. The van der Waals surface area contributed by atoms with Crippen molar-refractivity contribution in [1.82, 2.24) is 0 Å². The predicted molar refractivity (Wildman–Crippen MR) is 51.5 cm³/mol. The lowest BCUT2D eigenvalue weighted by molar-refractivity contribution is 0.0965. The average Bonchev–Trinajstić information content (AvgIpc) is 2.72. The van der Waals surface area contributed by atoms with Crippen LogP contribution >= 0.6 is 0 Å². The van der Waals surface area contributed by atoms with Gasteiger partial charge in [-0.3, -0.25) is 0 Å². The predicted octanol–water partition coefficient (Wildman–Crippen LogP) is 0.514. The van der Waals surface area contributed by atoms with Crippen LogP contribution < -0.4 is 24.7 Å². The molecule has 0 unspecified atom stereocenters. The average molecular weight is 209 g/mol. The topological polar surface area (TPSA) is 62.9 Å². The first kappa shape index (κ1) is 8.67. The Morgan fingerprint density at radius 3 is 2.47 bits per heavy atom. The highest BCUT2D eigenvalue weighted by atomic mass is 16.7. The van der Waals surface area contributed by atoms with Crippen LogP contribution in [0.2, 0.25) is 0 Å². The molecule has 0 aliphatic carbocycles. The van der Waals surface area contributed by atoms with E-state index in [2.05, 4.69) is 0 Å². The summed E-state index contributed by atoms with van der Waals surface area (Å²) in [4.78, 5) is 0. The molecule has 2 heterocycles. The molecule has 2 N–H and O–H groups in total. The molecule has 15 heavy (non-hydrogen) atoms. The number of hydrogen-bond donors (Lipinski definition) is 1. The zero-order chi connectivity index (χ0) is 10.3. The van der Waals surface area contributed by atoms with Crippen molar-refractivity contribution in [3.05, 3.63) is 12.1 Å². The molecule has 0 saturated heterocycles. The molecule has 0 amide bonds. The van der Waals surface area contributed by atoms with Crippen molar-refractivity contribution in [3.8, 4) is 23.0 Å². The minimum Gasteiger partial charge on any atom is -0.486 e. The molecule has 5 nitrogen and oxygen atoms in total. The lowest BCUT2D eigenvalue weighted by atomic mass is 10.2. The molecule has 0 bridgehead atoms. The number of benzene rings is 1. The van der Waals surface area contributed by atoms with E-state index < -0.39 is 0 Å². The first-order valence-electron chi connectivity index (χ1n) is 4.80. The molecule has 0 saturated carbocycles. The van der Waals surface area contributed by atoms with Crippen molar-refractivity contribution in [2.24, 2.45) is 5.73 Å². The van der Waals surface area contributed by atoms with Crippen LogP contribution in [0.3, 0.4) is 0 Å². The summed E-state index contributed by atoms with van der Waals surface area (Å²) in [5.41, 5.74) is 5.51. The van der Waals surface area contributed by atoms with Gasteiger partial charge in [-0.15, -0.1) is 0 Å². The third kappa shape index (κ3) is 1.35. The van der Waals surface area contributed by atoms with Crippen molar-refractivity contribution in [1.29, 1.82) is 0 Å². The van der Waals surface area contributed by atoms with E-state index in [0.29, 0.717) is 36.1 Å². The summed E-state index contributed by atoms with van der Waals surface area (Å²) in [6.45, 7) is 1.16. The van der Waals surface area contributed by atoms with Crippen LogP contribution in [0, 0.1) is 0 Å². The zero-order valence-corrected chi connectivity index (χ0v) is 8.06. The Morgan fingerprint density at radius 2 is 1.73 bits per heavy atom. The molecular formula is C10H11NO4. The smallest absolute Gasteiger partial charge is 0.231 e. The van der Waals surface area contributed by atoms with Gasteiger partial charge in [0, 0.05) is 18.7 Å². The Morgan fingerprint density at radius 1 is 1.07 bits per heavy atom. The summed E-state index contributed by atoms with van der Waals surface area (Å²) in [5.74, 6) is 2.74. The Labute approximate surface area is 86.7 Å². The normalized spacial score (nSPS) is 21.5. The zero-order valence-electron chi connectivity index (χ0n) is 8.06. The van der Waals surface area contributed by atoms with E-state index in [1.807, 2.05) is 0 Å². The maximum atomic E-state index is 5.62. The SMILES string of the molecule is NC[C@H]1COc2cc3c(cc2O1)OCO3. The van der Waals surface area contributed by atoms with Crippen molar-refractivity contribution >= 4 is 0 Å². The number of fused-ring (bicyclic) bond motifs is 2. The van der Waals surface area contributed by atoms with E-state index in [-0.39, 0.29) is 12.9 Å². The minimum atomic E-state index is -0.0853. The van der Waals surface area contributed by atoms with Crippen LogP contribution in [0.15, 0.2) is 12.1 Å². The second-order valence-electron chi connectivity index (χ2n) is 3.44. The van der Waals surface area contributed by atoms with Crippen LogP contribution in [-0.2, 0) is 0 Å². The Bertz CT molecular complexity index is 393. The molecule has 1 atom stereocenters. The van der Waals surface area contributed by atoms with Gasteiger partial charge in [-0.25, -0.2) is 0 Å². The summed E-state index contributed by atoms with van der Waals surface area (Å²) < 4.78 is 21.6. The van der Waals surface area contributed by atoms with Gasteiger partial charge in [-0.1, -0.05) is 0 Å². The third-order valence-corrected chi connectivity index (χ3v) is 2.42. The van der Waals surface area contributed by atoms with Gasteiger partial charge >= 0.3 is 0 Å². The molecular weight excluding hydrogens is 198 g/mol. The van der Waals surface area contributed by atoms with Crippen molar-refractivity contribution in [2.45, 2.75) is 6.10 Å². The van der Waals surface area contributed by atoms with Crippen molar-refractivity contribution in [3.63, 3.8) is 0 Å². The number of nitrogens with two attached hydrogens (primary N) is 1. The van der Waals surface area contributed by atoms with Crippen LogP contribution in [-0.4, -0.2) is 26.0 Å². The fraction of sp³-hybridized carbons (Fsp3) is 0.400. The summed E-state index contributed by atoms with van der Waals surface area (Å²) in [6.07, 6.45) is -0.0853. The van der Waals surface area contributed by atoms with Crippen LogP contribution in [0.25, 0.3) is 0 Å². The molecule has 5 heteroatoms. The van der Waals surface area contributed by atoms with Crippen LogP contribution in [0.4, 0.5) is 0 Å². The second kappa shape index (κ2) is 3.20. The van der Waals surface area contributed by atoms with E-state index in [0.717, 1.165) is 0 Å². The van der Waals surface area contributed by atoms with E-state index in [1.54, 1.807) is 12.1 Å². The molecule has 3 rings (SSSR count). The number of rotatable bonds is 1. The fourth-order valence-corrected chi connectivity index (χ4v) is 1.62. The minimum absolute atomic E-state index is 0.0853. The van der Waals surface area contributed by atoms with Gasteiger partial charge in [0.25, 0.3) is 0 Å². The van der Waals surface area contributed by atoms with Crippen LogP contribution in [0.5, 0.6) is 23.0 Å². The van der Waals surface area contributed by atoms with Crippen LogP contribution in [0.1, 0.15) is 0 Å². The van der Waals surface area contributed by atoms with E-state index in [1.165, 1.54) is 0 Å². The highest BCUT2D eigenvalue weighted by molar-refractivity contribution is 5.55. The highest BCUT2D eigenvalue weighted by Crippen LogP contribution is 2.43. The van der Waals surface area contributed by atoms with Crippen molar-refractivity contribution < 1.29 is 18.9 Å². The standard InChI is InChI=1S/C10H11NO4/c11-3-6-4-12-9-1-7-8(14-5-13-7)2-10(9)15-6/h1-2,6H,3-5,11H2/t6-/m0/s1. The Hall–Kier alpha value is -1.62.